The quantitative estimate of drug-likeness (QED) is 0.881. The normalized spacial score (nSPS) is 12.7. The zero-order chi connectivity index (χ0) is 11.7. The number of aromatic amines is 1. The number of nitrogens with zero attached hydrogens (tertiary/aromatic N) is 1. The molecule has 0 aliphatic carbocycles. The highest BCUT2D eigenvalue weighted by molar-refractivity contribution is 6.35. The molecule has 1 N–H and O–H groups in total. The number of hydrogen-bond donors (Lipinski definition) is 1. The van der Waals surface area contributed by atoms with Gasteiger partial charge in [0.15, 0.2) is 0 Å². The van der Waals surface area contributed by atoms with Crippen LogP contribution in [0.15, 0.2) is 35.4 Å². The molecule has 16 heavy (non-hydrogen) atoms. The minimum absolute atomic E-state index is 0.122. The van der Waals surface area contributed by atoms with Gasteiger partial charge >= 0.3 is 5.69 Å². The van der Waals surface area contributed by atoms with Crippen molar-refractivity contribution in [2.45, 2.75) is 13.0 Å². The highest BCUT2D eigenvalue weighted by atomic mass is 35.5. The summed E-state index contributed by atoms with van der Waals surface area (Å²) in [5.74, 6) is 0. The Morgan fingerprint density at radius 2 is 2.12 bits per heavy atom. The first kappa shape index (κ1) is 11.3. The summed E-state index contributed by atoms with van der Waals surface area (Å²) >= 11 is 11.9. The standard InChI is InChI=1S/C11H10Cl2N2O/c1-7(15-5-4-14-11(15)16)9-3-2-8(12)6-10(9)13/h2-7H,1H3,(H,14,16). The van der Waals surface area contributed by atoms with E-state index in [4.69, 9.17) is 23.2 Å². The van der Waals surface area contributed by atoms with Gasteiger partial charge in [0, 0.05) is 22.4 Å². The van der Waals surface area contributed by atoms with Gasteiger partial charge in [-0.1, -0.05) is 29.3 Å². The van der Waals surface area contributed by atoms with Gasteiger partial charge in [-0.2, -0.15) is 0 Å². The molecule has 1 aromatic carbocycles. The zero-order valence-corrected chi connectivity index (χ0v) is 10.1. The largest absolute Gasteiger partial charge is 0.326 e. The van der Waals surface area contributed by atoms with E-state index < -0.39 is 0 Å². The predicted octanol–water partition coefficient (Wildman–Crippen LogP) is 3.09. The van der Waals surface area contributed by atoms with Crippen LogP contribution >= 0.6 is 23.2 Å². The number of halogens is 2. The molecule has 1 heterocycles. The molecule has 0 bridgehead atoms. The van der Waals surface area contributed by atoms with Crippen LogP contribution < -0.4 is 5.69 Å². The van der Waals surface area contributed by atoms with Crippen LogP contribution in [0.25, 0.3) is 0 Å². The molecule has 0 fully saturated rings. The van der Waals surface area contributed by atoms with Crippen LogP contribution in [0.3, 0.4) is 0 Å². The fraction of sp³-hybridized carbons (Fsp3) is 0.182. The van der Waals surface area contributed by atoms with Crippen LogP contribution in [0, 0.1) is 0 Å². The third-order valence-corrected chi connectivity index (χ3v) is 3.07. The topological polar surface area (TPSA) is 37.8 Å². The lowest BCUT2D eigenvalue weighted by molar-refractivity contribution is 0.617. The maximum Gasteiger partial charge on any atom is 0.326 e. The van der Waals surface area contributed by atoms with Crippen molar-refractivity contribution in [2.75, 3.05) is 0 Å². The zero-order valence-electron chi connectivity index (χ0n) is 8.58. The third kappa shape index (κ3) is 2.01. The second kappa shape index (κ2) is 4.36. The Bertz CT molecular complexity index is 559. The lowest BCUT2D eigenvalue weighted by atomic mass is 10.1. The fourth-order valence-electron chi connectivity index (χ4n) is 1.63. The molecule has 1 unspecified atom stereocenters. The number of nitrogens with one attached hydrogen (secondary N) is 1. The lowest BCUT2D eigenvalue weighted by Gasteiger charge is -2.14. The van der Waals surface area contributed by atoms with Crippen molar-refractivity contribution in [3.63, 3.8) is 0 Å². The summed E-state index contributed by atoms with van der Waals surface area (Å²) < 4.78 is 1.58. The number of aromatic nitrogens is 2. The minimum Gasteiger partial charge on any atom is -0.313 e. The van der Waals surface area contributed by atoms with E-state index in [2.05, 4.69) is 4.98 Å². The molecule has 3 nitrogen and oxygen atoms in total. The van der Waals surface area contributed by atoms with E-state index in [9.17, 15) is 4.79 Å². The van der Waals surface area contributed by atoms with Crippen molar-refractivity contribution in [1.82, 2.24) is 9.55 Å². The van der Waals surface area contributed by atoms with Crippen molar-refractivity contribution >= 4 is 23.2 Å². The Labute approximate surface area is 103 Å². The predicted molar refractivity (Wildman–Crippen MR) is 65.3 cm³/mol. The van der Waals surface area contributed by atoms with Crippen molar-refractivity contribution in [3.8, 4) is 0 Å². The van der Waals surface area contributed by atoms with Crippen molar-refractivity contribution in [2.24, 2.45) is 0 Å². The maximum atomic E-state index is 11.5. The van der Waals surface area contributed by atoms with E-state index in [0.717, 1.165) is 5.56 Å². The van der Waals surface area contributed by atoms with Crippen LogP contribution in [0.2, 0.25) is 10.0 Å². The second-order valence-corrected chi connectivity index (χ2v) is 4.36. The van der Waals surface area contributed by atoms with E-state index in [0.29, 0.717) is 10.0 Å². The molecule has 1 atom stereocenters. The molecular weight excluding hydrogens is 247 g/mol. The molecule has 0 saturated heterocycles. The molecule has 2 rings (SSSR count). The highest BCUT2D eigenvalue weighted by Gasteiger charge is 2.13. The van der Waals surface area contributed by atoms with Crippen LogP contribution in [0.4, 0.5) is 0 Å². The lowest BCUT2D eigenvalue weighted by Crippen LogP contribution is -2.20. The molecule has 0 radical (unpaired) electrons. The molecule has 0 spiro atoms. The van der Waals surface area contributed by atoms with Crippen molar-refractivity contribution in [1.29, 1.82) is 0 Å². The molecule has 0 amide bonds. The van der Waals surface area contributed by atoms with Crippen molar-refractivity contribution < 1.29 is 0 Å². The Morgan fingerprint density at radius 3 is 2.69 bits per heavy atom. The first-order valence-electron chi connectivity index (χ1n) is 4.80. The average molecular weight is 257 g/mol. The third-order valence-electron chi connectivity index (χ3n) is 2.51. The SMILES string of the molecule is CC(c1ccc(Cl)cc1Cl)n1cc[nH]c1=O. The van der Waals surface area contributed by atoms with Crippen molar-refractivity contribution in [3.05, 3.63) is 56.7 Å². The second-order valence-electron chi connectivity index (χ2n) is 3.51. The molecule has 0 aliphatic heterocycles. The summed E-state index contributed by atoms with van der Waals surface area (Å²) in [5.41, 5.74) is 0.714. The fourth-order valence-corrected chi connectivity index (χ4v) is 2.19. The van der Waals surface area contributed by atoms with Gasteiger partial charge in [0.1, 0.15) is 0 Å². The molecule has 0 saturated carbocycles. The molecule has 0 aliphatic rings. The smallest absolute Gasteiger partial charge is 0.313 e. The average Bonchev–Trinajstić information content (AvgIpc) is 2.63. The van der Waals surface area contributed by atoms with Gasteiger partial charge in [0.2, 0.25) is 0 Å². The van der Waals surface area contributed by atoms with Gasteiger partial charge in [-0.05, 0) is 24.6 Å². The molecule has 84 valence electrons. The van der Waals surface area contributed by atoms with Gasteiger partial charge in [-0.15, -0.1) is 0 Å². The number of benzene rings is 1. The van der Waals surface area contributed by atoms with Gasteiger partial charge in [0.05, 0.1) is 6.04 Å². The van der Waals surface area contributed by atoms with Gasteiger partial charge in [-0.25, -0.2) is 4.79 Å². The first-order chi connectivity index (χ1) is 7.59. The Morgan fingerprint density at radius 1 is 1.38 bits per heavy atom. The van der Waals surface area contributed by atoms with Crippen LogP contribution in [-0.4, -0.2) is 9.55 Å². The summed E-state index contributed by atoms with van der Waals surface area (Å²) in [4.78, 5) is 14.0. The number of H-pyrrole nitrogens is 1. The summed E-state index contributed by atoms with van der Waals surface area (Å²) in [6, 6.07) is 5.14. The van der Waals surface area contributed by atoms with Gasteiger partial charge in [0.25, 0.3) is 0 Å². The number of imidazole rings is 1. The number of rotatable bonds is 2. The van der Waals surface area contributed by atoms with E-state index >= 15 is 0 Å². The first-order valence-corrected chi connectivity index (χ1v) is 5.55. The van der Waals surface area contributed by atoms with E-state index in [1.54, 1.807) is 29.1 Å². The monoisotopic (exact) mass is 256 g/mol. The van der Waals surface area contributed by atoms with Crippen LogP contribution in [0.5, 0.6) is 0 Å². The van der Waals surface area contributed by atoms with Crippen LogP contribution in [-0.2, 0) is 0 Å². The number of hydrogen-bond acceptors (Lipinski definition) is 1. The van der Waals surface area contributed by atoms with E-state index in [1.807, 2.05) is 13.0 Å². The Balaban J connectivity index is 2.45. The Hall–Kier alpha value is -1.19. The Kier molecular flexibility index (Phi) is 3.08. The van der Waals surface area contributed by atoms with E-state index in [1.165, 1.54) is 0 Å². The summed E-state index contributed by atoms with van der Waals surface area (Å²) in [7, 11) is 0. The highest BCUT2D eigenvalue weighted by Crippen LogP contribution is 2.27. The summed E-state index contributed by atoms with van der Waals surface area (Å²) in [5, 5.41) is 1.15. The van der Waals surface area contributed by atoms with E-state index in [-0.39, 0.29) is 11.7 Å². The molecule has 1 aromatic heterocycles. The molecule has 2 aromatic rings. The van der Waals surface area contributed by atoms with Crippen LogP contribution in [0.1, 0.15) is 18.5 Å². The molecular formula is C11H10Cl2N2O. The maximum absolute atomic E-state index is 11.5. The molecule has 5 heteroatoms. The minimum atomic E-state index is -0.154. The summed E-state index contributed by atoms with van der Waals surface area (Å²) in [6.07, 6.45) is 3.29. The summed E-state index contributed by atoms with van der Waals surface area (Å²) in [6.45, 7) is 1.91. The van der Waals surface area contributed by atoms with Gasteiger partial charge < -0.3 is 4.98 Å². The van der Waals surface area contributed by atoms with Gasteiger partial charge in [-0.3, -0.25) is 4.57 Å².